The van der Waals surface area contributed by atoms with Gasteiger partial charge < -0.3 is 0 Å². The Hall–Kier alpha value is -1.79. The van der Waals surface area contributed by atoms with E-state index in [0.29, 0.717) is 5.69 Å². The minimum absolute atomic E-state index is 0.233. The van der Waals surface area contributed by atoms with Gasteiger partial charge in [-0.25, -0.2) is 8.78 Å². The van der Waals surface area contributed by atoms with Crippen molar-refractivity contribution in [2.75, 3.05) is 0 Å². The molecule has 1 aromatic heterocycles. The fraction of sp³-hybridized carbons (Fsp3) is 0.250. The highest BCUT2D eigenvalue weighted by Gasteiger charge is 2.16. The molecule has 0 radical (unpaired) electrons. The van der Waals surface area contributed by atoms with Crippen LogP contribution < -0.4 is 11.3 Å². The predicted octanol–water partition coefficient (Wildman–Crippen LogP) is 1.45. The van der Waals surface area contributed by atoms with E-state index in [0.717, 1.165) is 12.1 Å². The van der Waals surface area contributed by atoms with E-state index in [9.17, 15) is 8.78 Å². The van der Waals surface area contributed by atoms with Gasteiger partial charge in [0.15, 0.2) is 0 Å². The van der Waals surface area contributed by atoms with Gasteiger partial charge in [0.2, 0.25) is 0 Å². The number of nitrogens with one attached hydrogen (secondary N) is 1. The van der Waals surface area contributed by atoms with Crippen molar-refractivity contribution in [3.8, 4) is 0 Å². The summed E-state index contributed by atoms with van der Waals surface area (Å²) in [5, 5.41) is 4.19. The Balaban J connectivity index is 2.22. The number of hydrogen-bond acceptors (Lipinski definition) is 3. The Labute approximate surface area is 103 Å². The topological polar surface area (TPSA) is 55.9 Å². The molecular formula is C12H14F2N4. The molecule has 6 heteroatoms. The maximum atomic E-state index is 13.5. The molecular weight excluding hydrogens is 238 g/mol. The first kappa shape index (κ1) is 12.7. The summed E-state index contributed by atoms with van der Waals surface area (Å²) in [6.07, 6.45) is 2.00. The van der Waals surface area contributed by atoms with E-state index in [1.165, 1.54) is 6.07 Å². The number of nitrogens with zero attached hydrogens (tertiary/aromatic N) is 2. The van der Waals surface area contributed by atoms with E-state index >= 15 is 0 Å². The van der Waals surface area contributed by atoms with Crippen LogP contribution in [-0.4, -0.2) is 9.78 Å². The summed E-state index contributed by atoms with van der Waals surface area (Å²) in [6.45, 7) is 0. The van der Waals surface area contributed by atoms with Crippen molar-refractivity contribution in [3.05, 3.63) is 53.4 Å². The second-order valence-electron chi connectivity index (χ2n) is 4.07. The number of hydrazine groups is 1. The molecule has 2 aromatic rings. The zero-order chi connectivity index (χ0) is 13.1. The number of hydrogen-bond donors (Lipinski definition) is 2. The highest BCUT2D eigenvalue weighted by molar-refractivity contribution is 5.21. The summed E-state index contributed by atoms with van der Waals surface area (Å²) in [4.78, 5) is 0. The maximum Gasteiger partial charge on any atom is 0.126 e. The average Bonchev–Trinajstić information content (AvgIpc) is 2.77. The van der Waals surface area contributed by atoms with Crippen molar-refractivity contribution in [1.29, 1.82) is 0 Å². The number of aryl methyl sites for hydroxylation is 1. The highest BCUT2D eigenvalue weighted by atomic mass is 19.1. The molecule has 0 fully saturated rings. The van der Waals surface area contributed by atoms with Crippen LogP contribution in [0.1, 0.15) is 17.3 Å². The van der Waals surface area contributed by atoms with Gasteiger partial charge in [-0.05, 0) is 36.2 Å². The zero-order valence-electron chi connectivity index (χ0n) is 9.90. The molecule has 0 bridgehead atoms. The van der Waals surface area contributed by atoms with Crippen LogP contribution in [0, 0.1) is 11.6 Å². The normalized spacial score (nSPS) is 12.7. The molecule has 0 saturated heterocycles. The lowest BCUT2D eigenvalue weighted by Crippen LogP contribution is -2.30. The van der Waals surface area contributed by atoms with Crippen LogP contribution in [0.5, 0.6) is 0 Å². The molecule has 2 rings (SSSR count). The minimum atomic E-state index is -0.469. The van der Waals surface area contributed by atoms with Gasteiger partial charge in [0.05, 0.1) is 11.7 Å². The van der Waals surface area contributed by atoms with Crippen LogP contribution in [0.25, 0.3) is 0 Å². The van der Waals surface area contributed by atoms with Crippen molar-refractivity contribution in [3.63, 3.8) is 0 Å². The van der Waals surface area contributed by atoms with Crippen LogP contribution in [0.2, 0.25) is 0 Å². The molecule has 1 unspecified atom stereocenters. The van der Waals surface area contributed by atoms with Gasteiger partial charge in [-0.1, -0.05) is 0 Å². The minimum Gasteiger partial charge on any atom is -0.275 e. The molecule has 0 spiro atoms. The number of aromatic nitrogens is 2. The largest absolute Gasteiger partial charge is 0.275 e. The van der Waals surface area contributed by atoms with E-state index in [1.54, 1.807) is 24.0 Å². The van der Waals surface area contributed by atoms with Crippen LogP contribution in [0.3, 0.4) is 0 Å². The summed E-state index contributed by atoms with van der Waals surface area (Å²) in [5.74, 6) is 4.51. The summed E-state index contributed by atoms with van der Waals surface area (Å²) in [5.41, 5.74) is 3.51. The quantitative estimate of drug-likeness (QED) is 0.639. The summed E-state index contributed by atoms with van der Waals surface area (Å²) >= 11 is 0. The van der Waals surface area contributed by atoms with Crippen LogP contribution in [-0.2, 0) is 13.5 Å². The van der Waals surface area contributed by atoms with E-state index < -0.39 is 11.6 Å². The lowest BCUT2D eigenvalue weighted by Gasteiger charge is -2.14. The first-order valence-electron chi connectivity index (χ1n) is 5.49. The van der Waals surface area contributed by atoms with Gasteiger partial charge in [-0.15, -0.1) is 0 Å². The van der Waals surface area contributed by atoms with Gasteiger partial charge in [-0.2, -0.15) is 5.10 Å². The molecule has 0 aliphatic carbocycles. The van der Waals surface area contributed by atoms with Crippen molar-refractivity contribution in [2.24, 2.45) is 12.9 Å². The standard InChI is InChI=1S/C12H14F2N4/c1-18-5-4-11(17-18)12(16-15)7-8-6-9(13)2-3-10(8)14/h2-6,12,16H,7,15H2,1H3. The third-order valence-electron chi connectivity index (χ3n) is 2.72. The number of rotatable bonds is 4. The van der Waals surface area contributed by atoms with Gasteiger partial charge in [-0.3, -0.25) is 16.0 Å². The number of benzene rings is 1. The molecule has 3 N–H and O–H groups in total. The maximum absolute atomic E-state index is 13.5. The molecule has 1 atom stereocenters. The third-order valence-corrected chi connectivity index (χ3v) is 2.72. The second-order valence-corrected chi connectivity index (χ2v) is 4.07. The van der Waals surface area contributed by atoms with Gasteiger partial charge in [0.25, 0.3) is 0 Å². The van der Waals surface area contributed by atoms with Gasteiger partial charge in [0, 0.05) is 13.2 Å². The summed E-state index contributed by atoms with van der Waals surface area (Å²) < 4.78 is 28.2. The molecule has 0 saturated carbocycles. The second kappa shape index (κ2) is 5.24. The smallest absolute Gasteiger partial charge is 0.126 e. The molecule has 96 valence electrons. The van der Waals surface area contributed by atoms with Crippen molar-refractivity contribution in [1.82, 2.24) is 15.2 Å². The van der Waals surface area contributed by atoms with Crippen molar-refractivity contribution in [2.45, 2.75) is 12.5 Å². The Bertz CT molecular complexity index is 539. The van der Waals surface area contributed by atoms with Crippen LogP contribution in [0.4, 0.5) is 8.78 Å². The Morgan fingerprint density at radius 3 is 2.78 bits per heavy atom. The van der Waals surface area contributed by atoms with E-state index in [4.69, 9.17) is 5.84 Å². The summed E-state index contributed by atoms with van der Waals surface area (Å²) in [6, 6.07) is 4.79. The van der Waals surface area contributed by atoms with Crippen molar-refractivity contribution >= 4 is 0 Å². The summed E-state index contributed by atoms with van der Waals surface area (Å²) in [7, 11) is 1.78. The molecule has 0 amide bonds. The molecule has 18 heavy (non-hydrogen) atoms. The number of nitrogens with two attached hydrogens (primary N) is 1. The Morgan fingerprint density at radius 1 is 1.39 bits per heavy atom. The van der Waals surface area contributed by atoms with Crippen LogP contribution in [0.15, 0.2) is 30.5 Å². The molecule has 1 aromatic carbocycles. The SMILES string of the molecule is Cn1ccc(C(Cc2cc(F)ccc2F)NN)n1. The fourth-order valence-electron chi connectivity index (χ4n) is 1.79. The Morgan fingerprint density at radius 2 is 2.17 bits per heavy atom. The van der Waals surface area contributed by atoms with E-state index in [-0.39, 0.29) is 18.0 Å². The predicted molar refractivity (Wildman–Crippen MR) is 63.3 cm³/mol. The van der Waals surface area contributed by atoms with Gasteiger partial charge in [0.1, 0.15) is 11.6 Å². The Kier molecular flexibility index (Phi) is 3.69. The van der Waals surface area contributed by atoms with Gasteiger partial charge >= 0.3 is 0 Å². The van der Waals surface area contributed by atoms with Crippen LogP contribution >= 0.6 is 0 Å². The monoisotopic (exact) mass is 252 g/mol. The number of halogens is 2. The molecule has 1 heterocycles. The molecule has 0 aliphatic rings. The fourth-order valence-corrected chi connectivity index (χ4v) is 1.79. The first-order chi connectivity index (χ1) is 8.60. The van der Waals surface area contributed by atoms with Crippen molar-refractivity contribution < 1.29 is 8.78 Å². The average molecular weight is 252 g/mol. The zero-order valence-corrected chi connectivity index (χ0v) is 9.90. The highest BCUT2D eigenvalue weighted by Crippen LogP contribution is 2.19. The first-order valence-corrected chi connectivity index (χ1v) is 5.49. The van der Waals surface area contributed by atoms with E-state index in [1.807, 2.05) is 0 Å². The molecule has 0 aliphatic heterocycles. The van der Waals surface area contributed by atoms with E-state index in [2.05, 4.69) is 10.5 Å². The lowest BCUT2D eigenvalue weighted by atomic mass is 10.0. The third kappa shape index (κ3) is 2.72. The lowest BCUT2D eigenvalue weighted by molar-refractivity contribution is 0.508. The molecule has 4 nitrogen and oxygen atoms in total.